The molecule has 2 aliphatic rings. The standard InChI is InChI=1S/C15H22N2O2S/c1-19-9-13-8-17(14(18)12-2-7-20-10-12)11-15(13)3-5-16-6-4-15/h2,7,10,13,16H,3-6,8-9,11H2,1H3/t13-/m0/s1. The Morgan fingerprint density at radius 1 is 1.55 bits per heavy atom. The molecule has 3 rings (SSSR count). The molecule has 0 unspecified atom stereocenters. The molecule has 0 saturated carbocycles. The lowest BCUT2D eigenvalue weighted by Crippen LogP contribution is -2.43. The number of rotatable bonds is 3. The Morgan fingerprint density at radius 3 is 3.00 bits per heavy atom. The van der Waals surface area contributed by atoms with Gasteiger partial charge in [-0.05, 0) is 42.8 Å². The third-order valence-corrected chi connectivity index (χ3v) is 5.52. The van der Waals surface area contributed by atoms with Gasteiger partial charge in [0, 0.05) is 31.5 Å². The van der Waals surface area contributed by atoms with Gasteiger partial charge in [-0.1, -0.05) is 0 Å². The summed E-state index contributed by atoms with van der Waals surface area (Å²) in [6.07, 6.45) is 2.29. The molecule has 1 atom stereocenters. The molecular formula is C15H22N2O2S. The van der Waals surface area contributed by atoms with Gasteiger partial charge in [-0.2, -0.15) is 11.3 Å². The first-order valence-corrected chi connectivity index (χ1v) is 8.20. The van der Waals surface area contributed by atoms with Crippen molar-refractivity contribution >= 4 is 17.2 Å². The van der Waals surface area contributed by atoms with Crippen LogP contribution in [0.4, 0.5) is 0 Å². The molecule has 1 aromatic heterocycles. The first kappa shape index (κ1) is 14.0. The van der Waals surface area contributed by atoms with Crippen molar-refractivity contribution in [3.05, 3.63) is 22.4 Å². The number of ether oxygens (including phenoxy) is 1. The highest BCUT2D eigenvalue weighted by Crippen LogP contribution is 2.43. The van der Waals surface area contributed by atoms with Crippen LogP contribution in [-0.4, -0.2) is 50.7 Å². The fourth-order valence-electron chi connectivity index (χ4n) is 3.68. The summed E-state index contributed by atoms with van der Waals surface area (Å²) in [7, 11) is 1.76. The summed E-state index contributed by atoms with van der Waals surface area (Å²) < 4.78 is 5.42. The first-order valence-electron chi connectivity index (χ1n) is 7.26. The van der Waals surface area contributed by atoms with E-state index in [4.69, 9.17) is 4.74 Å². The number of methoxy groups -OCH3 is 1. The zero-order valence-electron chi connectivity index (χ0n) is 11.9. The third kappa shape index (κ3) is 2.50. The van der Waals surface area contributed by atoms with Crippen molar-refractivity contribution in [2.24, 2.45) is 11.3 Å². The topological polar surface area (TPSA) is 41.6 Å². The van der Waals surface area contributed by atoms with Crippen molar-refractivity contribution in [1.82, 2.24) is 10.2 Å². The van der Waals surface area contributed by atoms with E-state index in [-0.39, 0.29) is 11.3 Å². The number of carbonyl (C=O) groups excluding carboxylic acids is 1. The maximum Gasteiger partial charge on any atom is 0.254 e. The number of nitrogens with zero attached hydrogens (tertiary/aromatic N) is 1. The van der Waals surface area contributed by atoms with Gasteiger partial charge >= 0.3 is 0 Å². The summed E-state index contributed by atoms with van der Waals surface area (Å²) >= 11 is 1.58. The van der Waals surface area contributed by atoms with Crippen LogP contribution in [0.2, 0.25) is 0 Å². The van der Waals surface area contributed by atoms with Gasteiger partial charge in [0.15, 0.2) is 0 Å². The maximum atomic E-state index is 12.6. The molecule has 3 heterocycles. The Kier molecular flexibility index (Phi) is 4.10. The number of hydrogen-bond acceptors (Lipinski definition) is 4. The highest BCUT2D eigenvalue weighted by Gasteiger charge is 2.48. The van der Waals surface area contributed by atoms with Crippen LogP contribution < -0.4 is 5.32 Å². The van der Waals surface area contributed by atoms with Crippen LogP contribution in [0.5, 0.6) is 0 Å². The van der Waals surface area contributed by atoms with Crippen LogP contribution in [0.3, 0.4) is 0 Å². The normalized spacial score (nSPS) is 25.2. The second-order valence-corrected chi connectivity index (χ2v) is 6.74. The average molecular weight is 294 g/mol. The van der Waals surface area contributed by atoms with Crippen molar-refractivity contribution < 1.29 is 9.53 Å². The fraction of sp³-hybridized carbons (Fsp3) is 0.667. The van der Waals surface area contributed by atoms with E-state index in [1.807, 2.05) is 21.7 Å². The van der Waals surface area contributed by atoms with E-state index in [2.05, 4.69) is 5.32 Å². The number of nitrogens with one attached hydrogen (secondary N) is 1. The summed E-state index contributed by atoms with van der Waals surface area (Å²) in [6, 6.07) is 1.92. The van der Waals surface area contributed by atoms with Crippen molar-refractivity contribution in [2.75, 3.05) is 39.9 Å². The summed E-state index contributed by atoms with van der Waals surface area (Å²) in [5, 5.41) is 7.34. The minimum Gasteiger partial charge on any atom is -0.384 e. The van der Waals surface area contributed by atoms with E-state index >= 15 is 0 Å². The Balaban J connectivity index is 1.77. The zero-order valence-corrected chi connectivity index (χ0v) is 12.7. The minimum absolute atomic E-state index is 0.183. The van der Waals surface area contributed by atoms with Gasteiger partial charge in [-0.15, -0.1) is 0 Å². The Bertz CT molecular complexity index is 454. The van der Waals surface area contributed by atoms with Gasteiger partial charge in [0.25, 0.3) is 5.91 Å². The quantitative estimate of drug-likeness (QED) is 0.925. The zero-order chi connectivity index (χ0) is 14.0. The van der Waals surface area contributed by atoms with Crippen LogP contribution in [0.15, 0.2) is 16.8 Å². The highest BCUT2D eigenvalue weighted by atomic mass is 32.1. The molecule has 20 heavy (non-hydrogen) atoms. The van der Waals surface area contributed by atoms with Crippen molar-refractivity contribution in [2.45, 2.75) is 12.8 Å². The predicted octanol–water partition coefficient (Wildman–Crippen LogP) is 1.84. The molecule has 0 radical (unpaired) electrons. The summed E-state index contributed by atoms with van der Waals surface area (Å²) in [5.41, 5.74) is 1.09. The molecule has 1 spiro atoms. The molecule has 4 nitrogen and oxygen atoms in total. The number of thiophene rings is 1. The average Bonchev–Trinajstić information content (AvgIpc) is 3.09. The molecule has 2 aliphatic heterocycles. The predicted molar refractivity (Wildman–Crippen MR) is 80.1 cm³/mol. The SMILES string of the molecule is COC[C@@H]1CN(C(=O)c2ccsc2)CC12CCNCC2. The summed E-state index contributed by atoms with van der Waals surface area (Å²) in [6.45, 7) is 4.59. The Hall–Kier alpha value is -0.910. The molecule has 1 N–H and O–H groups in total. The van der Waals surface area contributed by atoms with E-state index in [0.717, 1.165) is 51.2 Å². The molecule has 2 fully saturated rings. The summed E-state index contributed by atoms with van der Waals surface area (Å²) in [4.78, 5) is 14.6. The van der Waals surface area contributed by atoms with E-state index in [9.17, 15) is 4.79 Å². The lowest BCUT2D eigenvalue weighted by molar-refractivity contribution is 0.0702. The van der Waals surface area contributed by atoms with E-state index in [1.165, 1.54) is 0 Å². The Morgan fingerprint density at radius 2 is 2.35 bits per heavy atom. The number of likely N-dealkylation sites (tertiary alicyclic amines) is 1. The Labute approximate surface area is 124 Å². The fourth-order valence-corrected chi connectivity index (χ4v) is 4.31. The van der Waals surface area contributed by atoms with Crippen LogP contribution in [-0.2, 0) is 4.74 Å². The van der Waals surface area contributed by atoms with Gasteiger partial charge < -0.3 is 15.0 Å². The van der Waals surface area contributed by atoms with Gasteiger partial charge in [0.2, 0.25) is 0 Å². The van der Waals surface area contributed by atoms with Gasteiger partial charge in [0.1, 0.15) is 0 Å². The van der Waals surface area contributed by atoms with Crippen molar-refractivity contribution in [3.63, 3.8) is 0 Å². The van der Waals surface area contributed by atoms with E-state index in [1.54, 1.807) is 18.4 Å². The molecule has 5 heteroatoms. The smallest absolute Gasteiger partial charge is 0.254 e. The second kappa shape index (κ2) is 5.84. The molecule has 0 aliphatic carbocycles. The van der Waals surface area contributed by atoms with Gasteiger partial charge in [0.05, 0.1) is 12.2 Å². The third-order valence-electron chi connectivity index (χ3n) is 4.84. The minimum atomic E-state index is 0.183. The first-order chi connectivity index (χ1) is 9.75. The molecule has 110 valence electrons. The largest absolute Gasteiger partial charge is 0.384 e. The van der Waals surface area contributed by atoms with Gasteiger partial charge in [-0.3, -0.25) is 4.79 Å². The van der Waals surface area contributed by atoms with Crippen LogP contribution in [0.1, 0.15) is 23.2 Å². The van der Waals surface area contributed by atoms with Gasteiger partial charge in [-0.25, -0.2) is 0 Å². The molecular weight excluding hydrogens is 272 g/mol. The number of hydrogen-bond donors (Lipinski definition) is 1. The number of carbonyl (C=O) groups is 1. The van der Waals surface area contributed by atoms with Crippen LogP contribution in [0, 0.1) is 11.3 Å². The molecule has 2 saturated heterocycles. The monoisotopic (exact) mass is 294 g/mol. The maximum absolute atomic E-state index is 12.6. The summed E-state index contributed by atoms with van der Waals surface area (Å²) in [5.74, 6) is 0.653. The highest BCUT2D eigenvalue weighted by molar-refractivity contribution is 7.08. The van der Waals surface area contributed by atoms with Crippen molar-refractivity contribution in [1.29, 1.82) is 0 Å². The molecule has 1 aromatic rings. The molecule has 0 aromatic carbocycles. The van der Waals surface area contributed by atoms with Crippen LogP contribution in [0.25, 0.3) is 0 Å². The molecule has 0 bridgehead atoms. The number of amides is 1. The van der Waals surface area contributed by atoms with Crippen molar-refractivity contribution in [3.8, 4) is 0 Å². The van der Waals surface area contributed by atoms with E-state index in [0.29, 0.717) is 5.92 Å². The lowest BCUT2D eigenvalue weighted by atomic mass is 9.71. The lowest BCUT2D eigenvalue weighted by Gasteiger charge is -2.38. The van der Waals surface area contributed by atoms with Crippen LogP contribution >= 0.6 is 11.3 Å². The van der Waals surface area contributed by atoms with E-state index < -0.39 is 0 Å². The second-order valence-electron chi connectivity index (χ2n) is 5.96. The number of piperidine rings is 1. The molecule has 1 amide bonds.